The molecule has 0 saturated heterocycles. The number of rotatable bonds is 5. The molecule has 4 heteroatoms. The van der Waals surface area contributed by atoms with Crippen molar-refractivity contribution in [1.29, 1.82) is 0 Å². The SMILES string of the molecule is CCN(Cc1ccccc1)c1ncc(CN)s1. The van der Waals surface area contributed by atoms with Crippen molar-refractivity contribution in [3.63, 3.8) is 0 Å². The van der Waals surface area contributed by atoms with Crippen molar-refractivity contribution in [2.24, 2.45) is 5.73 Å². The van der Waals surface area contributed by atoms with Gasteiger partial charge >= 0.3 is 0 Å². The van der Waals surface area contributed by atoms with Gasteiger partial charge in [-0.15, -0.1) is 11.3 Å². The van der Waals surface area contributed by atoms with Crippen LogP contribution >= 0.6 is 11.3 Å². The highest BCUT2D eigenvalue weighted by atomic mass is 32.1. The van der Waals surface area contributed by atoms with Crippen molar-refractivity contribution < 1.29 is 0 Å². The number of thiazole rings is 1. The maximum absolute atomic E-state index is 5.61. The first-order valence-electron chi connectivity index (χ1n) is 5.77. The molecule has 0 unspecified atom stereocenters. The Kier molecular flexibility index (Phi) is 4.12. The minimum absolute atomic E-state index is 0.570. The molecule has 17 heavy (non-hydrogen) atoms. The van der Waals surface area contributed by atoms with Gasteiger partial charge in [-0.05, 0) is 12.5 Å². The first-order chi connectivity index (χ1) is 8.33. The summed E-state index contributed by atoms with van der Waals surface area (Å²) in [6, 6.07) is 10.4. The van der Waals surface area contributed by atoms with E-state index in [0.717, 1.165) is 23.1 Å². The average Bonchev–Trinajstić information content (AvgIpc) is 2.86. The molecule has 2 N–H and O–H groups in total. The normalized spacial score (nSPS) is 10.5. The molecule has 0 atom stereocenters. The van der Waals surface area contributed by atoms with Gasteiger partial charge in [0, 0.05) is 30.7 Å². The molecule has 0 radical (unpaired) electrons. The summed E-state index contributed by atoms with van der Waals surface area (Å²) in [5, 5.41) is 1.05. The van der Waals surface area contributed by atoms with Crippen LogP contribution in [0.25, 0.3) is 0 Å². The lowest BCUT2D eigenvalue weighted by molar-refractivity contribution is 0.826. The molecular formula is C13H17N3S. The number of nitrogens with zero attached hydrogens (tertiary/aromatic N) is 2. The highest BCUT2D eigenvalue weighted by molar-refractivity contribution is 7.15. The summed E-state index contributed by atoms with van der Waals surface area (Å²) in [4.78, 5) is 7.81. The fraction of sp³-hybridized carbons (Fsp3) is 0.308. The lowest BCUT2D eigenvalue weighted by Gasteiger charge is -2.19. The Hall–Kier alpha value is -1.39. The van der Waals surface area contributed by atoms with Gasteiger partial charge in [0.05, 0.1) is 0 Å². The van der Waals surface area contributed by atoms with E-state index in [4.69, 9.17) is 5.73 Å². The van der Waals surface area contributed by atoms with Gasteiger partial charge in [0.1, 0.15) is 0 Å². The predicted octanol–water partition coefficient (Wildman–Crippen LogP) is 2.63. The number of hydrogen-bond acceptors (Lipinski definition) is 4. The van der Waals surface area contributed by atoms with Gasteiger partial charge < -0.3 is 10.6 Å². The van der Waals surface area contributed by atoms with Crippen LogP contribution in [0, 0.1) is 0 Å². The van der Waals surface area contributed by atoms with E-state index in [9.17, 15) is 0 Å². The molecule has 90 valence electrons. The molecule has 0 spiro atoms. The Labute approximate surface area is 106 Å². The second-order valence-electron chi connectivity index (χ2n) is 3.81. The highest BCUT2D eigenvalue weighted by Gasteiger charge is 2.09. The topological polar surface area (TPSA) is 42.2 Å². The first kappa shape index (κ1) is 12.1. The van der Waals surface area contributed by atoms with E-state index in [0.29, 0.717) is 6.54 Å². The standard InChI is InChI=1S/C13H17N3S/c1-2-16(10-11-6-4-3-5-7-11)13-15-9-12(8-14)17-13/h3-7,9H,2,8,10,14H2,1H3. The minimum Gasteiger partial charge on any atom is -0.344 e. The third-order valence-corrected chi connectivity index (χ3v) is 3.69. The van der Waals surface area contributed by atoms with Crippen LogP contribution < -0.4 is 10.6 Å². The molecule has 2 aromatic rings. The van der Waals surface area contributed by atoms with E-state index in [1.165, 1.54) is 5.56 Å². The number of aromatic nitrogens is 1. The minimum atomic E-state index is 0.570. The number of anilines is 1. The van der Waals surface area contributed by atoms with Gasteiger partial charge in [0.2, 0.25) is 0 Å². The summed E-state index contributed by atoms with van der Waals surface area (Å²) < 4.78 is 0. The maximum Gasteiger partial charge on any atom is 0.185 e. The van der Waals surface area contributed by atoms with Crippen LogP contribution in [0.5, 0.6) is 0 Å². The molecule has 1 heterocycles. The summed E-state index contributed by atoms with van der Waals surface area (Å²) >= 11 is 1.67. The maximum atomic E-state index is 5.61. The van der Waals surface area contributed by atoms with Crippen LogP contribution in [-0.4, -0.2) is 11.5 Å². The van der Waals surface area contributed by atoms with Gasteiger partial charge in [0.25, 0.3) is 0 Å². The second kappa shape index (κ2) is 5.80. The number of nitrogens with two attached hydrogens (primary N) is 1. The molecule has 0 aliphatic carbocycles. The molecule has 0 aliphatic heterocycles. The van der Waals surface area contributed by atoms with Gasteiger partial charge in [-0.2, -0.15) is 0 Å². The molecule has 0 aliphatic rings. The van der Waals surface area contributed by atoms with Gasteiger partial charge in [0.15, 0.2) is 5.13 Å². The predicted molar refractivity (Wildman–Crippen MR) is 73.2 cm³/mol. The second-order valence-corrected chi connectivity index (χ2v) is 4.91. The Morgan fingerprint density at radius 2 is 2.06 bits per heavy atom. The smallest absolute Gasteiger partial charge is 0.185 e. The Bertz CT molecular complexity index is 453. The molecule has 1 aromatic carbocycles. The Morgan fingerprint density at radius 1 is 1.29 bits per heavy atom. The van der Waals surface area contributed by atoms with Crippen LogP contribution in [0.2, 0.25) is 0 Å². The zero-order chi connectivity index (χ0) is 12.1. The zero-order valence-electron chi connectivity index (χ0n) is 9.97. The zero-order valence-corrected chi connectivity index (χ0v) is 10.8. The van der Waals surface area contributed by atoms with E-state index in [2.05, 4.69) is 41.1 Å². The average molecular weight is 247 g/mol. The van der Waals surface area contributed by atoms with Crippen molar-refractivity contribution in [3.05, 3.63) is 47.0 Å². The summed E-state index contributed by atoms with van der Waals surface area (Å²) in [7, 11) is 0. The van der Waals surface area contributed by atoms with Crippen molar-refractivity contribution in [2.45, 2.75) is 20.0 Å². The van der Waals surface area contributed by atoms with E-state index in [1.54, 1.807) is 11.3 Å². The lowest BCUT2D eigenvalue weighted by atomic mass is 10.2. The largest absolute Gasteiger partial charge is 0.344 e. The van der Waals surface area contributed by atoms with Crippen LogP contribution in [0.4, 0.5) is 5.13 Å². The van der Waals surface area contributed by atoms with Crippen molar-refractivity contribution >= 4 is 16.5 Å². The third kappa shape index (κ3) is 3.05. The molecule has 0 saturated carbocycles. The lowest BCUT2D eigenvalue weighted by Crippen LogP contribution is -2.21. The summed E-state index contributed by atoms with van der Waals surface area (Å²) in [6.07, 6.45) is 1.87. The summed E-state index contributed by atoms with van der Waals surface area (Å²) in [6.45, 7) is 4.56. The molecule has 0 fully saturated rings. The van der Waals surface area contributed by atoms with E-state index in [-0.39, 0.29) is 0 Å². The van der Waals surface area contributed by atoms with Gasteiger partial charge in [-0.1, -0.05) is 30.3 Å². The van der Waals surface area contributed by atoms with Crippen molar-refractivity contribution in [2.75, 3.05) is 11.4 Å². The quantitative estimate of drug-likeness (QED) is 0.883. The number of hydrogen-bond donors (Lipinski definition) is 1. The van der Waals surface area contributed by atoms with Gasteiger partial charge in [-0.25, -0.2) is 4.98 Å². The molecule has 3 nitrogen and oxygen atoms in total. The highest BCUT2D eigenvalue weighted by Crippen LogP contribution is 2.23. The van der Waals surface area contributed by atoms with Crippen molar-refractivity contribution in [3.8, 4) is 0 Å². The fourth-order valence-electron chi connectivity index (χ4n) is 1.66. The van der Waals surface area contributed by atoms with Gasteiger partial charge in [-0.3, -0.25) is 0 Å². The van der Waals surface area contributed by atoms with Crippen LogP contribution in [0.3, 0.4) is 0 Å². The first-order valence-corrected chi connectivity index (χ1v) is 6.58. The van der Waals surface area contributed by atoms with Crippen LogP contribution in [-0.2, 0) is 13.1 Å². The Balaban J connectivity index is 2.11. The van der Waals surface area contributed by atoms with E-state index in [1.807, 2.05) is 12.3 Å². The summed E-state index contributed by atoms with van der Waals surface area (Å²) in [5.41, 5.74) is 6.91. The molecular weight excluding hydrogens is 230 g/mol. The third-order valence-electron chi connectivity index (χ3n) is 2.61. The molecule has 2 rings (SSSR count). The van der Waals surface area contributed by atoms with E-state index < -0.39 is 0 Å². The molecule has 1 aromatic heterocycles. The van der Waals surface area contributed by atoms with E-state index >= 15 is 0 Å². The number of benzene rings is 1. The summed E-state index contributed by atoms with van der Waals surface area (Å²) in [5.74, 6) is 0. The van der Waals surface area contributed by atoms with Crippen LogP contribution in [0.15, 0.2) is 36.5 Å². The van der Waals surface area contributed by atoms with Crippen LogP contribution in [0.1, 0.15) is 17.4 Å². The molecule has 0 bridgehead atoms. The molecule has 0 amide bonds. The fourth-order valence-corrected chi connectivity index (χ4v) is 2.51. The van der Waals surface area contributed by atoms with Crippen molar-refractivity contribution in [1.82, 2.24) is 4.98 Å². The Morgan fingerprint density at radius 3 is 2.65 bits per heavy atom. The monoisotopic (exact) mass is 247 g/mol.